The van der Waals surface area contributed by atoms with Gasteiger partial charge in [0.2, 0.25) is 11.8 Å². The third kappa shape index (κ3) is 3.40. The van der Waals surface area contributed by atoms with Crippen LogP contribution in [0.25, 0.3) is 0 Å². The molecule has 0 aromatic carbocycles. The highest BCUT2D eigenvalue weighted by Gasteiger charge is 2.22. The first kappa shape index (κ1) is 17.1. The summed E-state index contributed by atoms with van der Waals surface area (Å²) in [6.45, 7) is 0. The number of anilines is 1. The SMILES string of the molecule is COC(=O)c1cc(OC)ncc1NC(=O)c1c(OC)ccnc1F. The summed E-state index contributed by atoms with van der Waals surface area (Å²) in [6, 6.07) is 2.63. The summed E-state index contributed by atoms with van der Waals surface area (Å²) in [7, 11) is 3.85. The lowest BCUT2D eigenvalue weighted by atomic mass is 10.2. The zero-order valence-corrected chi connectivity index (χ0v) is 13.1. The van der Waals surface area contributed by atoms with Crippen LogP contribution in [0.3, 0.4) is 0 Å². The highest BCUT2D eigenvalue weighted by Crippen LogP contribution is 2.24. The summed E-state index contributed by atoms with van der Waals surface area (Å²) >= 11 is 0. The van der Waals surface area contributed by atoms with E-state index in [2.05, 4.69) is 20.0 Å². The van der Waals surface area contributed by atoms with Gasteiger partial charge in [-0.2, -0.15) is 4.39 Å². The number of hydrogen-bond donors (Lipinski definition) is 1. The van der Waals surface area contributed by atoms with Crippen molar-refractivity contribution in [2.24, 2.45) is 0 Å². The number of nitrogens with zero attached hydrogens (tertiary/aromatic N) is 2. The Morgan fingerprint density at radius 1 is 1.17 bits per heavy atom. The molecule has 0 saturated carbocycles. The van der Waals surface area contributed by atoms with Gasteiger partial charge in [-0.1, -0.05) is 0 Å². The molecule has 2 aromatic rings. The topological polar surface area (TPSA) is 99.6 Å². The maximum atomic E-state index is 13.9. The predicted molar refractivity (Wildman–Crippen MR) is 80.8 cm³/mol. The summed E-state index contributed by atoms with van der Waals surface area (Å²) in [5, 5.41) is 2.39. The van der Waals surface area contributed by atoms with Crippen molar-refractivity contribution in [3.63, 3.8) is 0 Å². The van der Waals surface area contributed by atoms with Gasteiger partial charge in [0.05, 0.1) is 38.8 Å². The third-order valence-corrected chi connectivity index (χ3v) is 3.05. The molecule has 1 amide bonds. The van der Waals surface area contributed by atoms with E-state index in [1.807, 2.05) is 0 Å². The third-order valence-electron chi connectivity index (χ3n) is 3.05. The number of esters is 1. The first-order valence-corrected chi connectivity index (χ1v) is 6.64. The van der Waals surface area contributed by atoms with E-state index < -0.39 is 23.4 Å². The van der Waals surface area contributed by atoms with Crippen molar-refractivity contribution in [1.29, 1.82) is 0 Å². The molecule has 0 spiro atoms. The number of rotatable bonds is 5. The second-order valence-corrected chi connectivity index (χ2v) is 4.40. The van der Waals surface area contributed by atoms with Crippen LogP contribution < -0.4 is 14.8 Å². The molecule has 0 aliphatic heterocycles. The van der Waals surface area contributed by atoms with Crippen LogP contribution in [-0.2, 0) is 4.74 Å². The van der Waals surface area contributed by atoms with Gasteiger partial charge in [-0.05, 0) is 6.07 Å². The molecular weight excluding hydrogens is 321 g/mol. The lowest BCUT2D eigenvalue weighted by Gasteiger charge is -2.12. The Balaban J connectivity index is 2.41. The maximum Gasteiger partial charge on any atom is 0.340 e. The van der Waals surface area contributed by atoms with Gasteiger partial charge >= 0.3 is 5.97 Å². The Hall–Kier alpha value is -3.23. The van der Waals surface area contributed by atoms with Crippen LogP contribution in [0.4, 0.5) is 10.1 Å². The Kier molecular flexibility index (Phi) is 5.25. The van der Waals surface area contributed by atoms with Crippen molar-refractivity contribution in [3.05, 3.63) is 41.6 Å². The number of pyridine rings is 2. The molecule has 0 fully saturated rings. The molecule has 0 radical (unpaired) electrons. The Bertz CT molecular complexity index is 782. The number of halogens is 1. The summed E-state index contributed by atoms with van der Waals surface area (Å²) in [6.07, 6.45) is 2.36. The van der Waals surface area contributed by atoms with Crippen molar-refractivity contribution in [3.8, 4) is 11.6 Å². The van der Waals surface area contributed by atoms with E-state index in [1.165, 1.54) is 45.9 Å². The van der Waals surface area contributed by atoms with Crippen molar-refractivity contribution >= 4 is 17.6 Å². The van der Waals surface area contributed by atoms with E-state index in [0.29, 0.717) is 0 Å². The normalized spacial score (nSPS) is 10.0. The van der Waals surface area contributed by atoms with Gasteiger partial charge in [-0.25, -0.2) is 14.8 Å². The van der Waals surface area contributed by atoms with Crippen LogP contribution >= 0.6 is 0 Å². The molecule has 126 valence electrons. The van der Waals surface area contributed by atoms with Crippen LogP contribution in [0.15, 0.2) is 24.5 Å². The lowest BCUT2D eigenvalue weighted by molar-refractivity contribution is 0.0601. The minimum atomic E-state index is -1.01. The largest absolute Gasteiger partial charge is 0.496 e. The fourth-order valence-corrected chi connectivity index (χ4v) is 1.91. The van der Waals surface area contributed by atoms with Crippen LogP contribution in [0, 0.1) is 5.95 Å². The molecule has 0 aliphatic carbocycles. The number of amides is 1. The average molecular weight is 335 g/mol. The number of ether oxygens (including phenoxy) is 3. The van der Waals surface area contributed by atoms with Crippen molar-refractivity contribution < 1.29 is 28.2 Å². The van der Waals surface area contributed by atoms with Gasteiger partial charge in [0.1, 0.15) is 11.3 Å². The number of methoxy groups -OCH3 is 3. The van der Waals surface area contributed by atoms with E-state index >= 15 is 0 Å². The van der Waals surface area contributed by atoms with E-state index in [1.54, 1.807) is 0 Å². The molecule has 2 aromatic heterocycles. The Morgan fingerprint density at radius 2 is 1.92 bits per heavy atom. The quantitative estimate of drug-likeness (QED) is 0.655. The van der Waals surface area contributed by atoms with Crippen LogP contribution in [0.5, 0.6) is 11.6 Å². The molecule has 0 aliphatic rings. The molecule has 24 heavy (non-hydrogen) atoms. The molecule has 2 rings (SSSR count). The van der Waals surface area contributed by atoms with Crippen molar-refractivity contribution in [1.82, 2.24) is 9.97 Å². The van der Waals surface area contributed by atoms with Gasteiger partial charge < -0.3 is 19.5 Å². The van der Waals surface area contributed by atoms with Crippen molar-refractivity contribution in [2.45, 2.75) is 0 Å². The summed E-state index contributed by atoms with van der Waals surface area (Å²) < 4.78 is 28.4. The number of aromatic nitrogens is 2. The highest BCUT2D eigenvalue weighted by atomic mass is 19.1. The summed E-state index contributed by atoms with van der Waals surface area (Å²) in [5.41, 5.74) is -0.370. The minimum absolute atomic E-state index is 0.000894. The molecule has 2 heterocycles. The standard InChI is InChI=1S/C15H14FN3O5/c1-22-10-4-5-17-13(16)12(10)14(20)19-9-7-18-11(23-2)6-8(9)15(21)24-3/h4-7H,1-3H3,(H,19,20). The molecule has 8 nitrogen and oxygen atoms in total. The monoisotopic (exact) mass is 335 g/mol. The second-order valence-electron chi connectivity index (χ2n) is 4.40. The van der Waals surface area contributed by atoms with Gasteiger partial charge in [0, 0.05) is 12.3 Å². The molecule has 0 bridgehead atoms. The smallest absolute Gasteiger partial charge is 0.340 e. The molecule has 0 saturated heterocycles. The molecule has 0 unspecified atom stereocenters. The first-order chi connectivity index (χ1) is 11.5. The highest BCUT2D eigenvalue weighted by molar-refractivity contribution is 6.09. The van der Waals surface area contributed by atoms with Crippen molar-refractivity contribution in [2.75, 3.05) is 26.6 Å². The predicted octanol–water partition coefficient (Wildman–Crippen LogP) is 1.67. The number of nitrogens with one attached hydrogen (secondary N) is 1. The molecule has 9 heteroatoms. The molecular formula is C15H14FN3O5. The van der Waals surface area contributed by atoms with E-state index in [4.69, 9.17) is 9.47 Å². The zero-order chi connectivity index (χ0) is 17.7. The van der Waals surface area contributed by atoms with E-state index in [0.717, 1.165) is 0 Å². The zero-order valence-electron chi connectivity index (χ0n) is 13.1. The number of hydrogen-bond acceptors (Lipinski definition) is 7. The average Bonchev–Trinajstić information content (AvgIpc) is 2.60. The first-order valence-electron chi connectivity index (χ1n) is 6.64. The van der Waals surface area contributed by atoms with Gasteiger partial charge in [-0.15, -0.1) is 0 Å². The van der Waals surface area contributed by atoms with Crippen LogP contribution in [0.1, 0.15) is 20.7 Å². The Labute approximate surface area is 136 Å². The van der Waals surface area contributed by atoms with E-state index in [9.17, 15) is 14.0 Å². The van der Waals surface area contributed by atoms with Gasteiger partial charge in [0.15, 0.2) is 0 Å². The van der Waals surface area contributed by atoms with Crippen LogP contribution in [-0.4, -0.2) is 43.2 Å². The lowest BCUT2D eigenvalue weighted by Crippen LogP contribution is -2.18. The van der Waals surface area contributed by atoms with Gasteiger partial charge in [0.25, 0.3) is 5.91 Å². The second kappa shape index (κ2) is 7.36. The number of carbonyl (C=O) groups excluding carboxylic acids is 2. The fraction of sp³-hybridized carbons (Fsp3) is 0.200. The summed E-state index contributed by atoms with van der Waals surface area (Å²) in [4.78, 5) is 31.5. The van der Waals surface area contributed by atoms with Crippen LogP contribution in [0.2, 0.25) is 0 Å². The maximum absolute atomic E-state index is 13.9. The minimum Gasteiger partial charge on any atom is -0.496 e. The van der Waals surface area contributed by atoms with Gasteiger partial charge in [-0.3, -0.25) is 4.79 Å². The van der Waals surface area contributed by atoms with E-state index in [-0.39, 0.29) is 22.9 Å². The molecule has 1 N–H and O–H groups in total. The Morgan fingerprint density at radius 3 is 2.54 bits per heavy atom. The summed E-state index contributed by atoms with van der Waals surface area (Å²) in [5.74, 6) is -2.42. The molecule has 0 atom stereocenters. The number of carbonyl (C=O) groups is 2. The fourth-order valence-electron chi connectivity index (χ4n) is 1.91.